The highest BCUT2D eigenvalue weighted by Crippen LogP contribution is 2.18. The van der Waals surface area contributed by atoms with Crippen LogP contribution in [0.15, 0.2) is 91.0 Å². The lowest BCUT2D eigenvalue weighted by atomic mass is 10.2. The summed E-state index contributed by atoms with van der Waals surface area (Å²) in [7, 11) is 0. The van der Waals surface area contributed by atoms with Gasteiger partial charge in [0, 0.05) is 61.1 Å². The van der Waals surface area contributed by atoms with Gasteiger partial charge in [0.15, 0.2) is 0 Å². The first kappa shape index (κ1) is 32.2. The molecule has 43 heavy (non-hydrogen) atoms. The number of carbonyl (C=O) groups is 3. The molecule has 0 saturated carbocycles. The van der Waals surface area contributed by atoms with Crippen molar-refractivity contribution in [2.24, 2.45) is 0 Å². The van der Waals surface area contributed by atoms with Gasteiger partial charge in [0.25, 0.3) is 0 Å². The minimum atomic E-state index is -0.312. The van der Waals surface area contributed by atoms with Crippen molar-refractivity contribution in [1.82, 2.24) is 15.5 Å². The molecule has 0 fully saturated rings. The number of benzene rings is 3. The number of amides is 3. The predicted molar refractivity (Wildman–Crippen MR) is 168 cm³/mol. The van der Waals surface area contributed by atoms with Crippen molar-refractivity contribution in [3.05, 3.63) is 108 Å². The van der Waals surface area contributed by atoms with Gasteiger partial charge in [-0.05, 0) is 55.7 Å². The number of phenolic OH excluding ortho intramolecular Hbond substituents is 3. The fourth-order valence-electron chi connectivity index (χ4n) is 4.05. The monoisotopic (exact) mass is 583 g/mol. The van der Waals surface area contributed by atoms with E-state index in [-0.39, 0.29) is 35.0 Å². The van der Waals surface area contributed by atoms with Crippen molar-refractivity contribution in [1.29, 1.82) is 0 Å². The first-order valence-corrected chi connectivity index (χ1v) is 14.1. The molecule has 9 heteroatoms. The second-order valence-electron chi connectivity index (χ2n) is 9.64. The molecule has 224 valence electrons. The van der Waals surface area contributed by atoms with Gasteiger partial charge in [0.2, 0.25) is 17.7 Å². The summed E-state index contributed by atoms with van der Waals surface area (Å²) in [5, 5.41) is 35.2. The van der Waals surface area contributed by atoms with Crippen molar-refractivity contribution in [2.45, 2.75) is 19.3 Å². The van der Waals surface area contributed by atoms with Crippen LogP contribution in [-0.2, 0) is 14.4 Å². The van der Waals surface area contributed by atoms with Gasteiger partial charge >= 0.3 is 0 Å². The summed E-state index contributed by atoms with van der Waals surface area (Å²) >= 11 is 0. The smallest absolute Gasteiger partial charge is 0.246 e. The van der Waals surface area contributed by atoms with E-state index in [9.17, 15) is 29.7 Å². The van der Waals surface area contributed by atoms with E-state index < -0.39 is 0 Å². The second kappa shape index (κ2) is 17.5. The highest BCUT2D eigenvalue weighted by Gasteiger charge is 2.11. The zero-order valence-electron chi connectivity index (χ0n) is 23.9. The number of unbranched alkanes of at least 4 members (excludes halogenated alkanes) is 1. The van der Waals surface area contributed by atoms with Gasteiger partial charge in [-0.2, -0.15) is 0 Å². The van der Waals surface area contributed by atoms with Crippen LogP contribution in [0.5, 0.6) is 17.2 Å². The summed E-state index contributed by atoms with van der Waals surface area (Å²) in [5.74, 6) is -0.576. The average molecular weight is 584 g/mol. The van der Waals surface area contributed by atoms with E-state index in [1.165, 1.54) is 24.3 Å². The van der Waals surface area contributed by atoms with E-state index in [0.29, 0.717) is 62.1 Å². The Morgan fingerprint density at radius 3 is 1.42 bits per heavy atom. The Labute approximate surface area is 251 Å². The Morgan fingerprint density at radius 1 is 0.558 bits per heavy atom. The third kappa shape index (κ3) is 11.6. The van der Waals surface area contributed by atoms with Crippen molar-refractivity contribution in [2.75, 3.05) is 26.2 Å². The Balaban J connectivity index is 1.47. The molecule has 5 N–H and O–H groups in total. The lowest BCUT2D eigenvalue weighted by molar-refractivity contribution is -0.126. The quantitative estimate of drug-likeness (QED) is 0.132. The number of hydrogen-bond acceptors (Lipinski definition) is 6. The summed E-state index contributed by atoms with van der Waals surface area (Å²) in [6, 6.07) is 20.2. The van der Waals surface area contributed by atoms with Crippen molar-refractivity contribution < 1.29 is 29.7 Å². The van der Waals surface area contributed by atoms with Gasteiger partial charge in [-0.25, -0.2) is 0 Å². The number of hydrogen-bond donors (Lipinski definition) is 5. The average Bonchev–Trinajstić information content (AvgIpc) is 3.00. The number of aromatic hydroxyl groups is 3. The van der Waals surface area contributed by atoms with Crippen LogP contribution in [0.25, 0.3) is 18.2 Å². The molecule has 0 unspecified atom stereocenters. The van der Waals surface area contributed by atoms with Gasteiger partial charge in [-0.15, -0.1) is 0 Å². The maximum Gasteiger partial charge on any atom is 0.246 e. The van der Waals surface area contributed by atoms with Crippen LogP contribution in [0.2, 0.25) is 0 Å². The molecule has 0 spiro atoms. The molecule has 0 aromatic heterocycles. The fourth-order valence-corrected chi connectivity index (χ4v) is 4.05. The molecular weight excluding hydrogens is 546 g/mol. The van der Waals surface area contributed by atoms with Crippen LogP contribution in [0.1, 0.15) is 36.0 Å². The highest BCUT2D eigenvalue weighted by atomic mass is 16.3. The largest absolute Gasteiger partial charge is 0.507 e. The van der Waals surface area contributed by atoms with Crippen LogP contribution in [0.4, 0.5) is 0 Å². The number of phenols is 3. The second-order valence-corrected chi connectivity index (χ2v) is 9.64. The zero-order chi connectivity index (χ0) is 30.9. The van der Waals surface area contributed by atoms with E-state index in [0.717, 1.165) is 0 Å². The molecule has 0 heterocycles. The molecule has 9 nitrogen and oxygen atoms in total. The zero-order valence-corrected chi connectivity index (χ0v) is 23.9. The molecule has 3 aromatic rings. The first-order valence-electron chi connectivity index (χ1n) is 14.1. The minimum Gasteiger partial charge on any atom is -0.507 e. The van der Waals surface area contributed by atoms with Crippen molar-refractivity contribution in [3.63, 3.8) is 0 Å². The van der Waals surface area contributed by atoms with Crippen molar-refractivity contribution >= 4 is 35.9 Å². The first-order chi connectivity index (χ1) is 20.8. The predicted octanol–water partition coefficient (Wildman–Crippen LogP) is 4.47. The van der Waals surface area contributed by atoms with Gasteiger partial charge in [0.05, 0.1) is 0 Å². The molecule has 0 radical (unpaired) electrons. The van der Waals surface area contributed by atoms with Crippen LogP contribution in [0.3, 0.4) is 0 Å². The molecule has 0 bridgehead atoms. The molecule has 3 amide bonds. The summed E-state index contributed by atoms with van der Waals surface area (Å²) in [5.41, 5.74) is 1.61. The molecule has 3 rings (SSSR count). The maximum atomic E-state index is 13.0. The molecule has 0 saturated heterocycles. The van der Waals surface area contributed by atoms with Crippen molar-refractivity contribution in [3.8, 4) is 17.2 Å². The summed E-state index contributed by atoms with van der Waals surface area (Å²) in [6.07, 6.45) is 10.5. The normalized spacial score (nSPS) is 11.3. The topological polar surface area (TPSA) is 139 Å². The van der Waals surface area contributed by atoms with E-state index in [1.54, 1.807) is 89.8 Å². The highest BCUT2D eigenvalue weighted by molar-refractivity contribution is 5.93. The third-order valence-electron chi connectivity index (χ3n) is 6.41. The lowest BCUT2D eigenvalue weighted by Gasteiger charge is -2.21. The number of para-hydroxylation sites is 3. The number of nitrogens with zero attached hydrogens (tertiary/aromatic N) is 1. The maximum absolute atomic E-state index is 13.0. The van der Waals surface area contributed by atoms with Crippen LogP contribution >= 0.6 is 0 Å². The Morgan fingerprint density at radius 2 is 0.953 bits per heavy atom. The van der Waals surface area contributed by atoms with E-state index in [2.05, 4.69) is 10.6 Å². The summed E-state index contributed by atoms with van der Waals surface area (Å²) < 4.78 is 0. The van der Waals surface area contributed by atoms with Crippen LogP contribution in [0, 0.1) is 0 Å². The molecular formula is C34H37N3O6. The van der Waals surface area contributed by atoms with E-state index in [4.69, 9.17) is 0 Å². The molecule has 0 aliphatic carbocycles. The van der Waals surface area contributed by atoms with Gasteiger partial charge in [-0.3, -0.25) is 14.4 Å². The SMILES string of the molecule is O=C(C=Cc1ccccc1O)NCCCCN(CCCNC(=O)C=Cc1ccccc1O)C(=O)C=Cc1ccccc1O. The summed E-state index contributed by atoms with van der Waals surface area (Å²) in [6.45, 7) is 1.59. The number of nitrogens with one attached hydrogen (secondary N) is 2. The summed E-state index contributed by atoms with van der Waals surface area (Å²) in [4.78, 5) is 39.0. The number of carbonyl (C=O) groups excluding carboxylic acids is 3. The Hall–Kier alpha value is -5.31. The standard InChI is InChI=1S/C34H37N3O6/c38-29-13-4-1-10-26(29)16-19-32(41)35-22-7-8-24-37(34(43)21-18-28-12-3-6-15-31(28)40)25-9-23-36-33(42)20-17-27-11-2-5-14-30(27)39/h1-6,10-21,38-40H,7-9,22-25H2,(H,35,41)(H,36,42). The lowest BCUT2D eigenvalue weighted by Crippen LogP contribution is -2.34. The van der Waals surface area contributed by atoms with Gasteiger partial charge in [-0.1, -0.05) is 54.6 Å². The molecule has 0 aliphatic rings. The van der Waals surface area contributed by atoms with Gasteiger partial charge in [0.1, 0.15) is 17.2 Å². The molecule has 3 aromatic carbocycles. The van der Waals surface area contributed by atoms with Gasteiger partial charge < -0.3 is 30.9 Å². The number of rotatable bonds is 15. The Bertz CT molecular complexity index is 1460. The van der Waals surface area contributed by atoms with Crippen LogP contribution in [-0.4, -0.2) is 64.1 Å². The minimum absolute atomic E-state index is 0.0740. The van der Waals surface area contributed by atoms with E-state index in [1.807, 2.05) is 0 Å². The Kier molecular flexibility index (Phi) is 13.1. The molecule has 0 aliphatic heterocycles. The third-order valence-corrected chi connectivity index (χ3v) is 6.41. The molecule has 0 atom stereocenters. The van der Waals surface area contributed by atoms with Crippen LogP contribution < -0.4 is 10.6 Å². The fraction of sp³-hybridized carbons (Fsp3) is 0.206. The van der Waals surface area contributed by atoms with E-state index >= 15 is 0 Å².